The maximum atomic E-state index is 12.8. The van der Waals surface area contributed by atoms with E-state index < -0.39 is 9.84 Å². The van der Waals surface area contributed by atoms with Gasteiger partial charge in [-0.05, 0) is 53.5 Å². The van der Waals surface area contributed by atoms with Crippen molar-refractivity contribution in [2.45, 2.75) is 25.2 Å². The summed E-state index contributed by atoms with van der Waals surface area (Å²) >= 11 is 3.47. The summed E-state index contributed by atoms with van der Waals surface area (Å²) in [6.45, 7) is 7.37. The van der Waals surface area contributed by atoms with Crippen molar-refractivity contribution in [2.24, 2.45) is 0 Å². The van der Waals surface area contributed by atoms with Crippen molar-refractivity contribution in [3.05, 3.63) is 53.1 Å². The van der Waals surface area contributed by atoms with Crippen LogP contribution in [0.15, 0.2) is 58.0 Å². The number of hydrogen-bond acceptors (Lipinski definition) is 9. The van der Waals surface area contributed by atoms with E-state index >= 15 is 0 Å². The van der Waals surface area contributed by atoms with Crippen LogP contribution in [-0.4, -0.2) is 57.0 Å². The number of morpholine rings is 1. The van der Waals surface area contributed by atoms with Gasteiger partial charge in [-0.25, -0.2) is 13.4 Å². The van der Waals surface area contributed by atoms with Crippen molar-refractivity contribution < 1.29 is 17.9 Å². The number of benzene rings is 2. The van der Waals surface area contributed by atoms with Crippen molar-refractivity contribution in [1.82, 2.24) is 9.97 Å². The standard InChI is InChI=1S/C25H30BrN5O4S/c1-3-15-36(32,33)23-8-6-5-7-21(23)28-24-19(26)17-27-25(30-24)29-20-10-9-18(16-22(20)35-4-2)31-11-13-34-14-12-31/h5-10,16-17H,3-4,11-15H2,1-2H3,(H2,27,28,29,30). The summed E-state index contributed by atoms with van der Waals surface area (Å²) < 4.78 is 37.5. The van der Waals surface area contributed by atoms with Crippen LogP contribution in [0, 0.1) is 0 Å². The van der Waals surface area contributed by atoms with Gasteiger partial charge in [-0.2, -0.15) is 4.98 Å². The van der Waals surface area contributed by atoms with Gasteiger partial charge in [-0.3, -0.25) is 0 Å². The molecule has 4 rings (SSSR count). The zero-order chi connectivity index (χ0) is 25.5. The highest BCUT2D eigenvalue weighted by Crippen LogP contribution is 2.34. The molecule has 9 nitrogen and oxygen atoms in total. The highest BCUT2D eigenvalue weighted by atomic mass is 79.9. The molecule has 3 aromatic rings. The van der Waals surface area contributed by atoms with Crippen molar-refractivity contribution in [2.75, 3.05) is 54.2 Å². The quantitative estimate of drug-likeness (QED) is 0.339. The number of hydrogen-bond donors (Lipinski definition) is 2. The third-order valence-electron chi connectivity index (χ3n) is 5.58. The minimum absolute atomic E-state index is 0.0735. The summed E-state index contributed by atoms with van der Waals surface area (Å²) in [5.41, 5.74) is 2.26. The average molecular weight is 577 g/mol. The number of nitrogens with zero attached hydrogens (tertiary/aromatic N) is 3. The number of nitrogens with one attached hydrogen (secondary N) is 2. The van der Waals surface area contributed by atoms with E-state index in [-0.39, 0.29) is 10.6 Å². The molecule has 0 atom stereocenters. The second-order valence-electron chi connectivity index (χ2n) is 8.17. The zero-order valence-corrected chi connectivity index (χ0v) is 22.7. The van der Waals surface area contributed by atoms with Gasteiger partial charge in [0.1, 0.15) is 11.6 Å². The zero-order valence-electron chi connectivity index (χ0n) is 20.3. The van der Waals surface area contributed by atoms with E-state index in [1.807, 2.05) is 32.0 Å². The predicted molar refractivity (Wildman–Crippen MR) is 146 cm³/mol. The molecule has 1 fully saturated rings. The van der Waals surface area contributed by atoms with Crippen molar-refractivity contribution >= 4 is 54.6 Å². The van der Waals surface area contributed by atoms with Crippen molar-refractivity contribution in [3.63, 3.8) is 0 Å². The first kappa shape index (κ1) is 26.2. The summed E-state index contributed by atoms with van der Waals surface area (Å²) in [6, 6.07) is 12.8. The molecule has 36 heavy (non-hydrogen) atoms. The van der Waals surface area contributed by atoms with E-state index in [0.717, 1.165) is 24.5 Å². The summed E-state index contributed by atoms with van der Waals surface area (Å²) in [7, 11) is -3.42. The fourth-order valence-electron chi connectivity index (χ4n) is 3.89. The number of para-hydroxylation sites is 1. The van der Waals surface area contributed by atoms with E-state index in [1.165, 1.54) is 0 Å². The maximum Gasteiger partial charge on any atom is 0.229 e. The Balaban J connectivity index is 1.60. The molecule has 192 valence electrons. The van der Waals surface area contributed by atoms with E-state index in [4.69, 9.17) is 9.47 Å². The van der Waals surface area contributed by atoms with Gasteiger partial charge < -0.3 is 25.0 Å². The Hall–Kier alpha value is -2.89. The van der Waals surface area contributed by atoms with Gasteiger partial charge in [0.25, 0.3) is 0 Å². The fraction of sp³-hybridized carbons (Fsp3) is 0.360. The normalized spacial score (nSPS) is 13.9. The van der Waals surface area contributed by atoms with Gasteiger partial charge in [0.2, 0.25) is 5.95 Å². The fourth-order valence-corrected chi connectivity index (χ4v) is 5.68. The lowest BCUT2D eigenvalue weighted by atomic mass is 10.2. The van der Waals surface area contributed by atoms with Crippen LogP contribution in [0.2, 0.25) is 0 Å². The number of sulfone groups is 1. The van der Waals surface area contributed by atoms with Crippen LogP contribution in [0.1, 0.15) is 20.3 Å². The molecule has 1 saturated heterocycles. The largest absolute Gasteiger partial charge is 0.492 e. The summed E-state index contributed by atoms with van der Waals surface area (Å²) in [4.78, 5) is 11.5. The van der Waals surface area contributed by atoms with Crippen molar-refractivity contribution in [1.29, 1.82) is 0 Å². The lowest BCUT2D eigenvalue weighted by Gasteiger charge is -2.29. The number of aromatic nitrogens is 2. The topological polar surface area (TPSA) is 106 Å². The molecule has 1 aliphatic heterocycles. The Labute approximate surface area is 220 Å². The van der Waals surface area contributed by atoms with Crippen LogP contribution in [0.25, 0.3) is 0 Å². The smallest absolute Gasteiger partial charge is 0.229 e. The third kappa shape index (κ3) is 6.26. The van der Waals surface area contributed by atoms with E-state index in [9.17, 15) is 8.42 Å². The van der Waals surface area contributed by atoms with E-state index in [1.54, 1.807) is 30.5 Å². The predicted octanol–water partition coefficient (Wildman–Crippen LogP) is 5.15. The molecule has 2 N–H and O–H groups in total. The molecule has 0 amide bonds. The van der Waals surface area contributed by atoms with Crippen LogP contribution in [0.5, 0.6) is 5.75 Å². The molecule has 0 bridgehead atoms. The molecule has 0 aliphatic carbocycles. The molecule has 0 radical (unpaired) electrons. The Morgan fingerprint density at radius 2 is 1.86 bits per heavy atom. The number of ether oxygens (including phenoxy) is 2. The van der Waals surface area contributed by atoms with Gasteiger partial charge in [0.15, 0.2) is 9.84 Å². The van der Waals surface area contributed by atoms with Gasteiger partial charge in [0.05, 0.1) is 46.3 Å². The maximum absolute atomic E-state index is 12.8. The average Bonchev–Trinajstić information content (AvgIpc) is 2.88. The van der Waals surface area contributed by atoms with E-state index in [2.05, 4.69) is 41.4 Å². The van der Waals surface area contributed by atoms with Gasteiger partial charge >= 0.3 is 0 Å². The Morgan fingerprint density at radius 3 is 2.61 bits per heavy atom. The third-order valence-corrected chi connectivity index (χ3v) is 8.13. The van der Waals surface area contributed by atoms with Gasteiger partial charge in [-0.1, -0.05) is 19.1 Å². The SMILES string of the molecule is CCCS(=O)(=O)c1ccccc1Nc1nc(Nc2ccc(N3CCOCC3)cc2OCC)ncc1Br. The Morgan fingerprint density at radius 1 is 1.08 bits per heavy atom. The number of halogens is 1. The molecule has 11 heteroatoms. The van der Waals surface area contributed by atoms with Gasteiger partial charge in [0, 0.05) is 31.0 Å². The number of anilines is 5. The molecule has 1 aromatic heterocycles. The second kappa shape index (κ2) is 11.9. The van der Waals surface area contributed by atoms with Crippen LogP contribution >= 0.6 is 15.9 Å². The lowest BCUT2D eigenvalue weighted by Crippen LogP contribution is -2.36. The number of rotatable bonds is 10. The van der Waals surface area contributed by atoms with E-state index in [0.29, 0.717) is 53.9 Å². The summed E-state index contributed by atoms with van der Waals surface area (Å²) in [5, 5.41) is 6.39. The highest BCUT2D eigenvalue weighted by Gasteiger charge is 2.19. The van der Waals surface area contributed by atoms with Crippen LogP contribution in [0.4, 0.5) is 28.8 Å². The monoisotopic (exact) mass is 575 g/mol. The highest BCUT2D eigenvalue weighted by molar-refractivity contribution is 9.10. The molecule has 0 unspecified atom stereocenters. The Kier molecular flexibility index (Phi) is 8.65. The molecular formula is C25H30BrN5O4S. The first-order valence-corrected chi connectivity index (χ1v) is 14.3. The van der Waals surface area contributed by atoms with Crippen LogP contribution in [-0.2, 0) is 14.6 Å². The van der Waals surface area contributed by atoms with Crippen molar-refractivity contribution in [3.8, 4) is 5.75 Å². The molecular weight excluding hydrogens is 546 g/mol. The van der Waals surface area contributed by atoms with Crippen LogP contribution in [0.3, 0.4) is 0 Å². The van der Waals surface area contributed by atoms with Gasteiger partial charge in [-0.15, -0.1) is 0 Å². The molecule has 1 aliphatic rings. The first-order valence-electron chi connectivity index (χ1n) is 11.9. The Bertz CT molecular complexity index is 1300. The molecule has 2 aromatic carbocycles. The van der Waals surface area contributed by atoms with Crippen LogP contribution < -0.4 is 20.3 Å². The summed E-state index contributed by atoms with van der Waals surface area (Å²) in [6.07, 6.45) is 2.15. The lowest BCUT2D eigenvalue weighted by molar-refractivity contribution is 0.122. The minimum atomic E-state index is -3.42. The second-order valence-corrected chi connectivity index (χ2v) is 11.1. The molecule has 0 saturated carbocycles. The molecule has 2 heterocycles. The first-order chi connectivity index (χ1) is 17.4. The minimum Gasteiger partial charge on any atom is -0.492 e. The summed E-state index contributed by atoms with van der Waals surface area (Å²) in [5.74, 6) is 1.55. The molecule has 0 spiro atoms.